The third kappa shape index (κ3) is 7.21. The molecule has 0 saturated heterocycles. The molecule has 0 atom stereocenters. The van der Waals surface area contributed by atoms with Gasteiger partial charge in [-0.2, -0.15) is 0 Å². The van der Waals surface area contributed by atoms with Crippen LogP contribution in [0, 0.1) is 16.9 Å². The molecular formula is C12H23NOSi. The fraction of sp³-hybridized carbons (Fsp3) is 0.750. The number of aliphatic imine (C=N–C) groups is 1. The first-order valence-corrected chi connectivity index (χ1v) is 8.76. The number of nitrogens with zero attached hydrogens (tertiary/aromatic N) is 1. The van der Waals surface area contributed by atoms with Crippen LogP contribution in [-0.2, 0) is 4.74 Å². The fourth-order valence-electron chi connectivity index (χ4n) is 1.02. The van der Waals surface area contributed by atoms with Crippen LogP contribution in [0.3, 0.4) is 0 Å². The number of ether oxygens (including phenoxy) is 1. The second-order valence-corrected chi connectivity index (χ2v) is 10.4. The lowest BCUT2D eigenvalue weighted by molar-refractivity contribution is 0.335. The molecule has 0 saturated carbocycles. The minimum atomic E-state index is -1.26. The van der Waals surface area contributed by atoms with Crippen molar-refractivity contribution in [1.82, 2.24) is 0 Å². The van der Waals surface area contributed by atoms with Crippen molar-refractivity contribution in [3.8, 4) is 11.5 Å². The maximum Gasteiger partial charge on any atom is 0.189 e. The molecule has 0 heterocycles. The molecule has 0 N–H and O–H groups in total. The van der Waals surface area contributed by atoms with Crippen LogP contribution >= 0.6 is 0 Å². The van der Waals surface area contributed by atoms with Crippen molar-refractivity contribution >= 4 is 14.0 Å². The molecule has 0 aromatic heterocycles. The molecule has 0 fully saturated rings. The molecule has 2 nitrogen and oxygen atoms in total. The van der Waals surface area contributed by atoms with Crippen molar-refractivity contribution in [2.75, 3.05) is 13.7 Å². The summed E-state index contributed by atoms with van der Waals surface area (Å²) >= 11 is 0. The standard InChI is InChI=1S/C12H23NOSi/c1-12(2,3)11(14-4)13-9-8-10-15(5,6)7/h9H2,1-7H3. The summed E-state index contributed by atoms with van der Waals surface area (Å²) in [4.78, 5) is 4.36. The summed E-state index contributed by atoms with van der Waals surface area (Å²) in [7, 11) is 0.406. The van der Waals surface area contributed by atoms with Gasteiger partial charge in [-0.3, -0.25) is 0 Å². The Kier molecular flexibility index (Phi) is 5.09. The number of hydrogen-bond acceptors (Lipinski definition) is 2. The second-order valence-electron chi connectivity index (χ2n) is 5.63. The highest BCUT2D eigenvalue weighted by atomic mass is 28.3. The van der Waals surface area contributed by atoms with Gasteiger partial charge in [0.2, 0.25) is 0 Å². The summed E-state index contributed by atoms with van der Waals surface area (Å²) in [5.74, 6) is 3.88. The molecule has 0 unspecified atom stereocenters. The molecule has 0 aliphatic rings. The highest BCUT2D eigenvalue weighted by molar-refractivity contribution is 6.83. The molecule has 0 aromatic carbocycles. The van der Waals surface area contributed by atoms with E-state index in [9.17, 15) is 0 Å². The van der Waals surface area contributed by atoms with Gasteiger partial charge in [-0.1, -0.05) is 46.3 Å². The smallest absolute Gasteiger partial charge is 0.189 e. The van der Waals surface area contributed by atoms with Gasteiger partial charge in [0.1, 0.15) is 14.6 Å². The number of hydrogen-bond donors (Lipinski definition) is 0. The topological polar surface area (TPSA) is 21.6 Å². The van der Waals surface area contributed by atoms with Crippen molar-refractivity contribution in [2.24, 2.45) is 10.4 Å². The Hall–Kier alpha value is -0.753. The van der Waals surface area contributed by atoms with E-state index in [2.05, 4.69) is 56.9 Å². The zero-order valence-electron chi connectivity index (χ0n) is 11.1. The zero-order valence-corrected chi connectivity index (χ0v) is 12.1. The third-order valence-corrected chi connectivity index (χ3v) is 2.53. The van der Waals surface area contributed by atoms with Crippen LogP contribution in [0.2, 0.25) is 19.6 Å². The van der Waals surface area contributed by atoms with E-state index in [-0.39, 0.29) is 5.41 Å². The molecule has 0 aliphatic carbocycles. The summed E-state index contributed by atoms with van der Waals surface area (Å²) < 4.78 is 5.24. The summed E-state index contributed by atoms with van der Waals surface area (Å²) in [6.07, 6.45) is 0. The predicted octanol–water partition coefficient (Wildman–Crippen LogP) is 2.96. The van der Waals surface area contributed by atoms with Crippen LogP contribution in [-0.4, -0.2) is 27.6 Å². The predicted molar refractivity (Wildman–Crippen MR) is 69.9 cm³/mol. The summed E-state index contributed by atoms with van der Waals surface area (Å²) in [5.41, 5.74) is 3.25. The molecule has 0 spiro atoms. The Balaban J connectivity index is 4.43. The molecule has 0 aliphatic heterocycles. The van der Waals surface area contributed by atoms with Gasteiger partial charge >= 0.3 is 0 Å². The lowest BCUT2D eigenvalue weighted by atomic mass is 9.97. The Labute approximate surface area is 95.1 Å². The van der Waals surface area contributed by atoms with E-state index in [1.807, 2.05) is 0 Å². The Morgan fingerprint density at radius 1 is 1.27 bits per heavy atom. The molecule has 15 heavy (non-hydrogen) atoms. The minimum absolute atomic E-state index is 0.0322. The van der Waals surface area contributed by atoms with E-state index < -0.39 is 8.07 Å². The van der Waals surface area contributed by atoms with Crippen LogP contribution in [0.5, 0.6) is 0 Å². The quantitative estimate of drug-likeness (QED) is 0.291. The Morgan fingerprint density at radius 2 is 1.80 bits per heavy atom. The van der Waals surface area contributed by atoms with Gasteiger partial charge in [0.25, 0.3) is 0 Å². The summed E-state index contributed by atoms with van der Waals surface area (Å²) in [6, 6.07) is 0. The van der Waals surface area contributed by atoms with E-state index in [0.717, 1.165) is 5.90 Å². The maximum atomic E-state index is 5.24. The monoisotopic (exact) mass is 225 g/mol. The molecule has 0 radical (unpaired) electrons. The Morgan fingerprint density at radius 3 is 2.13 bits per heavy atom. The van der Waals surface area contributed by atoms with Gasteiger partial charge in [-0.05, 0) is 0 Å². The normalized spacial score (nSPS) is 13.1. The number of rotatable bonds is 1. The van der Waals surface area contributed by atoms with Gasteiger partial charge in [0, 0.05) is 5.41 Å². The Bertz CT molecular complexity index is 283. The summed E-state index contributed by atoms with van der Waals surface area (Å²) in [5, 5.41) is 0. The fourth-order valence-corrected chi connectivity index (χ4v) is 1.63. The first-order chi connectivity index (χ1) is 6.67. The maximum absolute atomic E-state index is 5.24. The average molecular weight is 225 g/mol. The van der Waals surface area contributed by atoms with Crippen molar-refractivity contribution in [3.63, 3.8) is 0 Å². The minimum Gasteiger partial charge on any atom is -0.484 e. The largest absolute Gasteiger partial charge is 0.484 e. The third-order valence-electron chi connectivity index (χ3n) is 1.60. The average Bonchev–Trinajstić information content (AvgIpc) is 1.99. The van der Waals surface area contributed by atoms with E-state index >= 15 is 0 Å². The highest BCUT2D eigenvalue weighted by Crippen LogP contribution is 2.16. The molecule has 86 valence electrons. The van der Waals surface area contributed by atoms with Gasteiger partial charge in [-0.15, -0.1) is 5.54 Å². The highest BCUT2D eigenvalue weighted by Gasteiger charge is 2.19. The lowest BCUT2D eigenvalue weighted by Gasteiger charge is -2.19. The van der Waals surface area contributed by atoms with Crippen LogP contribution in [0.25, 0.3) is 0 Å². The van der Waals surface area contributed by atoms with Crippen LogP contribution in [0.15, 0.2) is 4.99 Å². The molecule has 3 heteroatoms. The molecular weight excluding hydrogens is 202 g/mol. The summed E-state index contributed by atoms with van der Waals surface area (Å²) in [6.45, 7) is 13.5. The van der Waals surface area contributed by atoms with E-state index in [0.29, 0.717) is 6.54 Å². The number of methoxy groups -OCH3 is 1. The van der Waals surface area contributed by atoms with Gasteiger partial charge in [0.05, 0.1) is 7.11 Å². The van der Waals surface area contributed by atoms with Crippen molar-refractivity contribution < 1.29 is 4.74 Å². The molecule has 0 amide bonds. The van der Waals surface area contributed by atoms with Crippen molar-refractivity contribution in [2.45, 2.75) is 40.4 Å². The first kappa shape index (κ1) is 14.2. The van der Waals surface area contributed by atoms with Crippen molar-refractivity contribution in [3.05, 3.63) is 0 Å². The molecule has 0 bridgehead atoms. The zero-order chi connectivity index (χ0) is 12.1. The van der Waals surface area contributed by atoms with Crippen LogP contribution in [0.1, 0.15) is 20.8 Å². The van der Waals surface area contributed by atoms with Gasteiger partial charge in [0.15, 0.2) is 5.90 Å². The van der Waals surface area contributed by atoms with Gasteiger partial charge < -0.3 is 4.74 Å². The SMILES string of the molecule is COC(=NCC#C[Si](C)(C)C)C(C)(C)C. The van der Waals surface area contributed by atoms with E-state index in [1.165, 1.54) is 0 Å². The van der Waals surface area contributed by atoms with Crippen molar-refractivity contribution in [1.29, 1.82) is 0 Å². The first-order valence-electron chi connectivity index (χ1n) is 5.26. The van der Waals surface area contributed by atoms with Gasteiger partial charge in [-0.25, -0.2) is 4.99 Å². The molecule has 0 rings (SSSR count). The molecule has 0 aromatic rings. The second kappa shape index (κ2) is 5.36. The van der Waals surface area contributed by atoms with Crippen LogP contribution in [0.4, 0.5) is 0 Å². The van der Waals surface area contributed by atoms with Crippen LogP contribution < -0.4 is 0 Å². The van der Waals surface area contributed by atoms with E-state index in [1.54, 1.807) is 7.11 Å². The lowest BCUT2D eigenvalue weighted by Crippen LogP contribution is -2.22. The van der Waals surface area contributed by atoms with E-state index in [4.69, 9.17) is 4.74 Å².